The molecule has 0 unspecified atom stereocenters. The van der Waals surface area contributed by atoms with E-state index in [1.54, 1.807) is 17.6 Å². The minimum Gasteiger partial charge on any atom is -0.368 e. The lowest BCUT2D eigenvalue weighted by Gasteiger charge is -2.01. The zero-order chi connectivity index (χ0) is 12.9. The first-order valence-corrected chi connectivity index (χ1v) is 6.30. The molecule has 0 atom stereocenters. The quantitative estimate of drug-likeness (QED) is 0.341. The molecule has 1 aromatic rings. The summed E-state index contributed by atoms with van der Waals surface area (Å²) in [7, 11) is -3.65. The van der Waals surface area contributed by atoms with E-state index in [1.807, 2.05) is 0 Å². The Kier molecular flexibility index (Phi) is 6.63. The normalized spacial score (nSPS) is 11.8. The van der Waals surface area contributed by atoms with Gasteiger partial charge in [0.15, 0.2) is 0 Å². The molecular weight excluding hydrogens is 280 g/mol. The third-order valence-corrected chi connectivity index (χ3v) is 2.98. The molecule has 0 fully saturated rings. The van der Waals surface area contributed by atoms with Crippen LogP contribution < -0.4 is 16.4 Å². The molecule has 0 radical (unpaired) electrons. The van der Waals surface area contributed by atoms with E-state index in [1.165, 1.54) is 12.1 Å². The zero-order valence-electron chi connectivity index (χ0n) is 9.41. The van der Waals surface area contributed by atoms with Crippen LogP contribution in [-0.2, 0) is 16.4 Å². The van der Waals surface area contributed by atoms with Crippen molar-refractivity contribution >= 4 is 28.4 Å². The number of guanidine groups is 1. The molecular formula is C9H15ClN4O3S. The van der Waals surface area contributed by atoms with Crippen LogP contribution in [0, 0.1) is 0 Å². The van der Waals surface area contributed by atoms with Gasteiger partial charge in [-0.25, -0.2) is 19.0 Å². The highest BCUT2D eigenvalue weighted by molar-refractivity contribution is 7.89. The number of nitrogens with two attached hydrogens (primary N) is 2. The molecule has 1 aromatic carbocycles. The number of nitrogens with zero attached hydrogens (tertiary/aromatic N) is 1. The number of benzene rings is 1. The standard InChI is InChI=1S/C9H14N4O3S.ClH/c10-9(13-14)12-6-5-7-1-3-8(4-2-7)17(11,15)16;/h1-4,14H,5-6H2,(H3,10,12,13)(H2,11,15,16);1H. The maximum atomic E-state index is 11.0. The molecule has 0 saturated heterocycles. The number of aliphatic imine (C=N–C) groups is 1. The molecule has 0 aliphatic carbocycles. The second kappa shape index (κ2) is 7.17. The summed E-state index contributed by atoms with van der Waals surface area (Å²) in [6.07, 6.45) is 0.577. The van der Waals surface area contributed by atoms with E-state index < -0.39 is 10.0 Å². The molecule has 0 bridgehead atoms. The van der Waals surface area contributed by atoms with Gasteiger partial charge in [-0.05, 0) is 24.1 Å². The van der Waals surface area contributed by atoms with E-state index in [2.05, 4.69) is 4.99 Å². The lowest BCUT2D eigenvalue weighted by atomic mass is 10.1. The Labute approximate surface area is 111 Å². The van der Waals surface area contributed by atoms with E-state index in [-0.39, 0.29) is 23.3 Å². The Hall–Kier alpha value is -1.35. The molecule has 7 nitrogen and oxygen atoms in total. The van der Waals surface area contributed by atoms with Gasteiger partial charge in [0.25, 0.3) is 0 Å². The van der Waals surface area contributed by atoms with E-state index in [9.17, 15) is 8.42 Å². The largest absolute Gasteiger partial charge is 0.368 e. The third-order valence-electron chi connectivity index (χ3n) is 2.05. The molecule has 1 rings (SSSR count). The predicted octanol–water partition coefficient (Wildman–Crippen LogP) is -0.408. The number of halogens is 1. The van der Waals surface area contributed by atoms with Crippen LogP contribution in [0.15, 0.2) is 34.2 Å². The van der Waals surface area contributed by atoms with E-state index in [0.717, 1.165) is 5.56 Å². The molecule has 9 heteroatoms. The second-order valence-electron chi connectivity index (χ2n) is 3.32. The molecule has 0 aromatic heterocycles. The Morgan fingerprint density at radius 3 is 2.33 bits per heavy atom. The maximum absolute atomic E-state index is 11.0. The maximum Gasteiger partial charge on any atom is 0.238 e. The van der Waals surface area contributed by atoms with Crippen LogP contribution in [0.1, 0.15) is 5.56 Å². The van der Waals surface area contributed by atoms with Crippen LogP contribution in [-0.4, -0.2) is 26.1 Å². The SMILES string of the molecule is Cl.NC(=NCCc1ccc(S(N)(=O)=O)cc1)NO. The average molecular weight is 295 g/mol. The van der Waals surface area contributed by atoms with Gasteiger partial charge in [0, 0.05) is 6.54 Å². The van der Waals surface area contributed by atoms with Crippen LogP contribution in [0.3, 0.4) is 0 Å². The molecule has 0 heterocycles. The first kappa shape index (κ1) is 16.6. The minimum atomic E-state index is -3.65. The second-order valence-corrected chi connectivity index (χ2v) is 4.88. The summed E-state index contributed by atoms with van der Waals surface area (Å²) in [4.78, 5) is 3.87. The van der Waals surface area contributed by atoms with Crippen molar-refractivity contribution in [2.45, 2.75) is 11.3 Å². The molecule has 0 aliphatic heterocycles. The fraction of sp³-hybridized carbons (Fsp3) is 0.222. The Morgan fingerprint density at radius 1 is 1.33 bits per heavy atom. The fourth-order valence-electron chi connectivity index (χ4n) is 1.19. The lowest BCUT2D eigenvalue weighted by Crippen LogP contribution is -2.28. The molecule has 0 spiro atoms. The van der Waals surface area contributed by atoms with E-state index in [0.29, 0.717) is 13.0 Å². The van der Waals surface area contributed by atoms with Gasteiger partial charge in [0.1, 0.15) is 0 Å². The van der Waals surface area contributed by atoms with Gasteiger partial charge in [-0.1, -0.05) is 12.1 Å². The first-order chi connectivity index (χ1) is 7.93. The van der Waals surface area contributed by atoms with Gasteiger partial charge in [0.05, 0.1) is 4.90 Å². The summed E-state index contributed by atoms with van der Waals surface area (Å²) >= 11 is 0. The van der Waals surface area contributed by atoms with Gasteiger partial charge < -0.3 is 5.73 Å². The van der Waals surface area contributed by atoms with Gasteiger partial charge in [0.2, 0.25) is 16.0 Å². The van der Waals surface area contributed by atoms with Crippen molar-refractivity contribution in [3.05, 3.63) is 29.8 Å². The predicted molar refractivity (Wildman–Crippen MR) is 70.2 cm³/mol. The smallest absolute Gasteiger partial charge is 0.238 e. The highest BCUT2D eigenvalue weighted by Crippen LogP contribution is 2.09. The first-order valence-electron chi connectivity index (χ1n) is 4.75. The van der Waals surface area contributed by atoms with Crippen molar-refractivity contribution in [2.75, 3.05) is 6.54 Å². The van der Waals surface area contributed by atoms with Crippen molar-refractivity contribution in [2.24, 2.45) is 15.9 Å². The van der Waals surface area contributed by atoms with Gasteiger partial charge in [-0.3, -0.25) is 10.2 Å². The Morgan fingerprint density at radius 2 is 1.89 bits per heavy atom. The third kappa shape index (κ3) is 5.32. The molecule has 0 amide bonds. The number of hydrogen-bond acceptors (Lipinski definition) is 4. The highest BCUT2D eigenvalue weighted by atomic mass is 35.5. The monoisotopic (exact) mass is 294 g/mol. The number of hydroxylamine groups is 1. The Balaban J connectivity index is 0.00000289. The van der Waals surface area contributed by atoms with Gasteiger partial charge >= 0.3 is 0 Å². The van der Waals surface area contributed by atoms with E-state index >= 15 is 0 Å². The fourth-order valence-corrected chi connectivity index (χ4v) is 1.70. The Bertz CT molecular complexity index is 501. The molecule has 0 saturated carbocycles. The number of hydrogen-bond donors (Lipinski definition) is 4. The van der Waals surface area contributed by atoms with Crippen LogP contribution in [0.5, 0.6) is 0 Å². The molecule has 6 N–H and O–H groups in total. The number of primary sulfonamides is 1. The summed E-state index contributed by atoms with van der Waals surface area (Å²) in [6, 6.07) is 6.17. The summed E-state index contributed by atoms with van der Waals surface area (Å²) in [6.45, 7) is 0.383. The summed E-state index contributed by atoms with van der Waals surface area (Å²) in [5.74, 6) is -0.0637. The van der Waals surface area contributed by atoms with Crippen LogP contribution in [0.2, 0.25) is 0 Å². The molecule has 0 aliphatic rings. The molecule has 18 heavy (non-hydrogen) atoms. The lowest BCUT2D eigenvalue weighted by molar-refractivity contribution is 0.232. The van der Waals surface area contributed by atoms with Crippen LogP contribution in [0.4, 0.5) is 0 Å². The number of sulfonamides is 1. The van der Waals surface area contributed by atoms with Crippen molar-refractivity contribution in [1.82, 2.24) is 5.48 Å². The highest BCUT2D eigenvalue weighted by Gasteiger charge is 2.06. The van der Waals surface area contributed by atoms with E-state index in [4.69, 9.17) is 16.1 Å². The van der Waals surface area contributed by atoms with Crippen molar-refractivity contribution in [3.8, 4) is 0 Å². The molecule has 102 valence electrons. The van der Waals surface area contributed by atoms with Crippen molar-refractivity contribution in [3.63, 3.8) is 0 Å². The van der Waals surface area contributed by atoms with Gasteiger partial charge in [-0.15, -0.1) is 12.4 Å². The van der Waals surface area contributed by atoms with Crippen molar-refractivity contribution < 1.29 is 13.6 Å². The summed E-state index contributed by atoms with van der Waals surface area (Å²) < 4.78 is 22.0. The van der Waals surface area contributed by atoms with Crippen LogP contribution in [0.25, 0.3) is 0 Å². The van der Waals surface area contributed by atoms with Crippen LogP contribution >= 0.6 is 12.4 Å². The topological polar surface area (TPSA) is 131 Å². The number of nitrogens with one attached hydrogen (secondary N) is 1. The van der Waals surface area contributed by atoms with Crippen molar-refractivity contribution in [1.29, 1.82) is 0 Å². The minimum absolute atomic E-state index is 0. The number of rotatable bonds is 4. The summed E-state index contributed by atoms with van der Waals surface area (Å²) in [5, 5.41) is 13.3. The zero-order valence-corrected chi connectivity index (χ0v) is 11.0. The summed E-state index contributed by atoms with van der Waals surface area (Å²) in [5.41, 5.74) is 7.82. The van der Waals surface area contributed by atoms with Gasteiger partial charge in [-0.2, -0.15) is 0 Å². The average Bonchev–Trinajstić information content (AvgIpc) is 2.28.